The average Bonchev–Trinajstić information content (AvgIpc) is 2.70. The van der Waals surface area contributed by atoms with Gasteiger partial charge in [0, 0.05) is 12.2 Å². The first-order chi connectivity index (χ1) is 8.19. The van der Waals surface area contributed by atoms with Gasteiger partial charge in [0.05, 0.1) is 23.7 Å². The van der Waals surface area contributed by atoms with Crippen LogP contribution in [0.15, 0.2) is 18.2 Å². The number of methoxy groups -OCH3 is 1. The summed E-state index contributed by atoms with van der Waals surface area (Å²) in [7, 11) is 1.38. The number of hydrogen-bond donors (Lipinski definition) is 2. The highest BCUT2D eigenvalue weighted by Crippen LogP contribution is 2.27. The van der Waals surface area contributed by atoms with E-state index in [1.165, 1.54) is 18.4 Å². The van der Waals surface area contributed by atoms with Gasteiger partial charge in [-0.2, -0.15) is 0 Å². The largest absolute Gasteiger partial charge is 0.469 e. The second kappa shape index (κ2) is 5.01. The number of ether oxygens (including phenoxy) is 1. The molecular weight excluding hydrogens is 238 g/mol. The first kappa shape index (κ1) is 11.7. The number of nitrogens with two attached hydrogens (primary N) is 1. The van der Waals surface area contributed by atoms with E-state index in [2.05, 4.69) is 15.0 Å². The molecule has 17 heavy (non-hydrogen) atoms. The Balaban J connectivity index is 2.02. The Kier molecular flexibility index (Phi) is 3.43. The van der Waals surface area contributed by atoms with Gasteiger partial charge in [0.1, 0.15) is 0 Å². The molecule has 0 saturated carbocycles. The molecule has 0 aliphatic heterocycles. The summed E-state index contributed by atoms with van der Waals surface area (Å²) >= 11 is 1.52. The number of fused-ring (bicyclic) bond motifs is 1. The highest BCUT2D eigenvalue weighted by atomic mass is 32.1. The molecule has 0 amide bonds. The zero-order valence-electron chi connectivity index (χ0n) is 9.40. The molecule has 2 rings (SSSR count). The Labute approximate surface area is 103 Å². The number of carbonyl (C=O) groups is 1. The van der Waals surface area contributed by atoms with Gasteiger partial charge in [-0.3, -0.25) is 4.79 Å². The van der Waals surface area contributed by atoms with Crippen LogP contribution < -0.4 is 11.1 Å². The van der Waals surface area contributed by atoms with Crippen LogP contribution in [0, 0.1) is 0 Å². The molecule has 2 aromatic rings. The van der Waals surface area contributed by atoms with Crippen LogP contribution in [0.5, 0.6) is 0 Å². The van der Waals surface area contributed by atoms with Gasteiger partial charge in [0.2, 0.25) is 0 Å². The molecule has 0 bridgehead atoms. The van der Waals surface area contributed by atoms with Gasteiger partial charge in [0.15, 0.2) is 5.13 Å². The van der Waals surface area contributed by atoms with E-state index >= 15 is 0 Å². The molecule has 1 aromatic carbocycles. The lowest BCUT2D eigenvalue weighted by atomic mass is 10.3. The fraction of sp³-hybridized carbons (Fsp3) is 0.273. The van der Waals surface area contributed by atoms with E-state index in [4.69, 9.17) is 5.73 Å². The molecule has 0 spiro atoms. The number of rotatable bonds is 4. The van der Waals surface area contributed by atoms with E-state index in [0.29, 0.717) is 13.0 Å². The number of nitrogen functional groups attached to an aromatic ring is 1. The van der Waals surface area contributed by atoms with Crippen molar-refractivity contribution >= 4 is 38.3 Å². The van der Waals surface area contributed by atoms with Crippen LogP contribution in [-0.2, 0) is 9.53 Å². The molecule has 0 saturated heterocycles. The molecule has 5 nitrogen and oxygen atoms in total. The Hall–Kier alpha value is -1.82. The van der Waals surface area contributed by atoms with Crippen molar-refractivity contribution in [3.8, 4) is 0 Å². The number of nitrogens with zero attached hydrogens (tertiary/aromatic N) is 1. The molecule has 6 heteroatoms. The predicted octanol–water partition coefficient (Wildman–Crippen LogP) is 1.85. The number of hydrogen-bond acceptors (Lipinski definition) is 6. The smallest absolute Gasteiger partial charge is 0.307 e. The lowest BCUT2D eigenvalue weighted by Crippen LogP contribution is -2.09. The monoisotopic (exact) mass is 251 g/mol. The number of benzene rings is 1. The van der Waals surface area contributed by atoms with Crippen LogP contribution in [0.4, 0.5) is 10.8 Å². The summed E-state index contributed by atoms with van der Waals surface area (Å²) in [6.45, 7) is 0.516. The summed E-state index contributed by atoms with van der Waals surface area (Å²) in [6, 6.07) is 5.59. The Morgan fingerprint density at radius 3 is 3.18 bits per heavy atom. The third-order valence-corrected chi connectivity index (χ3v) is 3.22. The van der Waals surface area contributed by atoms with Crippen LogP contribution in [-0.4, -0.2) is 24.6 Å². The average molecular weight is 251 g/mol. The summed E-state index contributed by atoms with van der Waals surface area (Å²) in [5.74, 6) is -0.233. The lowest BCUT2D eigenvalue weighted by molar-refractivity contribution is -0.140. The molecule has 3 N–H and O–H groups in total. The van der Waals surface area contributed by atoms with Gasteiger partial charge >= 0.3 is 5.97 Å². The predicted molar refractivity (Wildman–Crippen MR) is 69.2 cm³/mol. The van der Waals surface area contributed by atoms with Gasteiger partial charge < -0.3 is 15.8 Å². The first-order valence-electron chi connectivity index (χ1n) is 5.16. The highest BCUT2D eigenvalue weighted by molar-refractivity contribution is 7.22. The maximum atomic E-state index is 10.9. The molecule has 90 valence electrons. The van der Waals surface area contributed by atoms with Crippen molar-refractivity contribution in [1.29, 1.82) is 0 Å². The van der Waals surface area contributed by atoms with Crippen LogP contribution >= 0.6 is 11.3 Å². The summed E-state index contributed by atoms with van der Waals surface area (Å²) < 4.78 is 5.58. The Morgan fingerprint density at radius 1 is 1.59 bits per heavy atom. The van der Waals surface area contributed by atoms with Crippen molar-refractivity contribution in [2.24, 2.45) is 0 Å². The quantitative estimate of drug-likeness (QED) is 0.640. The lowest BCUT2D eigenvalue weighted by Gasteiger charge is -2.00. The van der Waals surface area contributed by atoms with Crippen molar-refractivity contribution in [3.63, 3.8) is 0 Å². The maximum absolute atomic E-state index is 10.9. The minimum atomic E-state index is -0.233. The highest BCUT2D eigenvalue weighted by Gasteiger charge is 2.04. The minimum absolute atomic E-state index is 0.233. The third-order valence-electron chi connectivity index (χ3n) is 2.25. The molecule has 1 aromatic heterocycles. The first-order valence-corrected chi connectivity index (χ1v) is 5.97. The fourth-order valence-electron chi connectivity index (χ4n) is 1.39. The molecule has 0 atom stereocenters. The third kappa shape index (κ3) is 2.85. The van der Waals surface area contributed by atoms with Crippen molar-refractivity contribution < 1.29 is 9.53 Å². The standard InChI is InChI=1S/C11H13N3O2S/c1-16-10(15)4-5-13-11-14-8-3-2-7(12)6-9(8)17-11/h2-3,6H,4-5,12H2,1H3,(H,13,14). The summed E-state index contributed by atoms with van der Waals surface area (Å²) in [5, 5.41) is 3.87. The number of thiazole rings is 1. The number of aromatic nitrogens is 1. The number of anilines is 2. The van der Waals surface area contributed by atoms with Crippen LogP contribution in [0.2, 0.25) is 0 Å². The van der Waals surface area contributed by atoms with Crippen LogP contribution in [0.25, 0.3) is 10.2 Å². The SMILES string of the molecule is COC(=O)CCNc1nc2ccc(N)cc2s1. The van der Waals surface area contributed by atoms with E-state index in [1.54, 1.807) is 0 Å². The van der Waals surface area contributed by atoms with Gasteiger partial charge in [0.25, 0.3) is 0 Å². The molecular formula is C11H13N3O2S. The van der Waals surface area contributed by atoms with Gasteiger partial charge in [-0.15, -0.1) is 0 Å². The van der Waals surface area contributed by atoms with E-state index in [1.807, 2.05) is 18.2 Å². The molecule has 0 aliphatic carbocycles. The van der Waals surface area contributed by atoms with Crippen molar-refractivity contribution in [2.45, 2.75) is 6.42 Å². The number of carbonyl (C=O) groups excluding carboxylic acids is 1. The molecule has 0 aliphatic rings. The molecule has 0 fully saturated rings. The zero-order valence-corrected chi connectivity index (χ0v) is 10.2. The van der Waals surface area contributed by atoms with Gasteiger partial charge in [-0.25, -0.2) is 4.98 Å². The van der Waals surface area contributed by atoms with Gasteiger partial charge in [-0.05, 0) is 18.2 Å². The molecule has 0 unspecified atom stereocenters. The van der Waals surface area contributed by atoms with E-state index in [9.17, 15) is 4.79 Å². The van der Waals surface area contributed by atoms with Crippen molar-refractivity contribution in [1.82, 2.24) is 4.98 Å². The zero-order chi connectivity index (χ0) is 12.3. The maximum Gasteiger partial charge on any atom is 0.307 e. The summed E-state index contributed by atoms with van der Waals surface area (Å²) in [6.07, 6.45) is 0.328. The van der Waals surface area contributed by atoms with E-state index in [-0.39, 0.29) is 5.97 Å². The topological polar surface area (TPSA) is 77.2 Å². The van der Waals surface area contributed by atoms with E-state index < -0.39 is 0 Å². The fourth-order valence-corrected chi connectivity index (χ4v) is 2.33. The minimum Gasteiger partial charge on any atom is -0.469 e. The molecule has 0 radical (unpaired) electrons. The van der Waals surface area contributed by atoms with Gasteiger partial charge in [-0.1, -0.05) is 11.3 Å². The Bertz CT molecular complexity index is 538. The second-order valence-corrected chi connectivity index (χ2v) is 4.53. The normalized spacial score (nSPS) is 10.4. The molecule has 1 heterocycles. The number of esters is 1. The number of nitrogens with one attached hydrogen (secondary N) is 1. The van der Waals surface area contributed by atoms with Crippen molar-refractivity contribution in [2.75, 3.05) is 24.7 Å². The van der Waals surface area contributed by atoms with Crippen LogP contribution in [0.1, 0.15) is 6.42 Å². The second-order valence-electron chi connectivity index (χ2n) is 3.50. The Morgan fingerprint density at radius 2 is 2.41 bits per heavy atom. The van der Waals surface area contributed by atoms with Crippen LogP contribution in [0.3, 0.4) is 0 Å². The van der Waals surface area contributed by atoms with Crippen molar-refractivity contribution in [3.05, 3.63) is 18.2 Å². The summed E-state index contributed by atoms with van der Waals surface area (Å²) in [5.41, 5.74) is 7.32. The van der Waals surface area contributed by atoms with E-state index in [0.717, 1.165) is 21.0 Å². The summed E-state index contributed by atoms with van der Waals surface area (Å²) in [4.78, 5) is 15.3.